The van der Waals surface area contributed by atoms with Gasteiger partial charge in [-0.2, -0.15) is 0 Å². The summed E-state index contributed by atoms with van der Waals surface area (Å²) in [6, 6.07) is 11.2. The standard InChI is InChI=1S/C13H11ClN2O/c1-8-2-4-9(5-3-8)11-7-6-10(13(15)17)12(14)16-11/h2-7H,1H3,(H2,15,17). The Morgan fingerprint density at radius 1 is 1.18 bits per heavy atom. The Morgan fingerprint density at radius 3 is 2.35 bits per heavy atom. The lowest BCUT2D eigenvalue weighted by molar-refractivity contribution is 0.1000. The van der Waals surface area contributed by atoms with Gasteiger partial charge < -0.3 is 5.73 Å². The van der Waals surface area contributed by atoms with Crippen molar-refractivity contribution in [3.8, 4) is 11.3 Å². The van der Waals surface area contributed by atoms with Gasteiger partial charge in [-0.15, -0.1) is 0 Å². The molecular formula is C13H11ClN2O. The van der Waals surface area contributed by atoms with Gasteiger partial charge in [-0.05, 0) is 19.1 Å². The number of halogens is 1. The number of carbonyl (C=O) groups excluding carboxylic acids is 1. The molecule has 0 unspecified atom stereocenters. The maximum absolute atomic E-state index is 11.0. The van der Waals surface area contributed by atoms with E-state index in [9.17, 15) is 4.79 Å². The fourth-order valence-corrected chi connectivity index (χ4v) is 1.75. The zero-order chi connectivity index (χ0) is 12.4. The van der Waals surface area contributed by atoms with Crippen molar-refractivity contribution >= 4 is 17.5 Å². The van der Waals surface area contributed by atoms with Crippen LogP contribution in [-0.2, 0) is 0 Å². The fourth-order valence-electron chi connectivity index (χ4n) is 1.50. The van der Waals surface area contributed by atoms with Gasteiger partial charge in [-0.1, -0.05) is 41.4 Å². The van der Waals surface area contributed by atoms with Crippen LogP contribution in [0.3, 0.4) is 0 Å². The van der Waals surface area contributed by atoms with E-state index in [-0.39, 0.29) is 10.7 Å². The summed E-state index contributed by atoms with van der Waals surface area (Å²) < 4.78 is 0. The van der Waals surface area contributed by atoms with E-state index in [4.69, 9.17) is 17.3 Å². The molecule has 0 aliphatic rings. The number of nitrogens with two attached hydrogens (primary N) is 1. The minimum absolute atomic E-state index is 0.135. The van der Waals surface area contributed by atoms with Gasteiger partial charge >= 0.3 is 0 Å². The highest BCUT2D eigenvalue weighted by Gasteiger charge is 2.09. The van der Waals surface area contributed by atoms with Crippen LogP contribution in [0, 0.1) is 6.92 Å². The summed E-state index contributed by atoms with van der Waals surface area (Å²) in [4.78, 5) is 15.2. The fraction of sp³-hybridized carbons (Fsp3) is 0.0769. The van der Waals surface area contributed by atoms with E-state index in [2.05, 4.69) is 4.98 Å². The second-order valence-corrected chi connectivity index (χ2v) is 4.12. The minimum Gasteiger partial charge on any atom is -0.366 e. The lowest BCUT2D eigenvalue weighted by atomic mass is 10.1. The number of primary amides is 1. The number of aryl methyl sites for hydroxylation is 1. The molecule has 0 aliphatic carbocycles. The van der Waals surface area contributed by atoms with Crippen molar-refractivity contribution in [3.63, 3.8) is 0 Å². The average molecular weight is 247 g/mol. The van der Waals surface area contributed by atoms with Crippen molar-refractivity contribution in [3.05, 3.63) is 52.7 Å². The largest absolute Gasteiger partial charge is 0.366 e. The zero-order valence-electron chi connectivity index (χ0n) is 9.27. The molecule has 0 aliphatic heterocycles. The first-order valence-corrected chi connectivity index (χ1v) is 5.49. The maximum atomic E-state index is 11.0. The van der Waals surface area contributed by atoms with E-state index < -0.39 is 5.91 Å². The van der Waals surface area contributed by atoms with E-state index in [0.717, 1.165) is 11.3 Å². The Labute approximate surface area is 104 Å². The molecular weight excluding hydrogens is 236 g/mol. The van der Waals surface area contributed by atoms with Gasteiger partial charge in [0.1, 0.15) is 5.15 Å². The highest BCUT2D eigenvalue weighted by atomic mass is 35.5. The molecule has 2 rings (SSSR count). The number of amides is 1. The predicted octanol–water partition coefficient (Wildman–Crippen LogP) is 2.81. The first kappa shape index (κ1) is 11.6. The molecule has 0 radical (unpaired) electrons. The number of hydrogen-bond acceptors (Lipinski definition) is 2. The van der Waals surface area contributed by atoms with E-state index in [1.807, 2.05) is 31.2 Å². The molecule has 1 aromatic heterocycles. The van der Waals surface area contributed by atoms with Crippen molar-refractivity contribution in [1.82, 2.24) is 4.98 Å². The normalized spacial score (nSPS) is 10.2. The lowest BCUT2D eigenvalue weighted by Crippen LogP contribution is -2.12. The van der Waals surface area contributed by atoms with Gasteiger partial charge in [-0.3, -0.25) is 4.79 Å². The number of aromatic nitrogens is 1. The molecule has 86 valence electrons. The zero-order valence-corrected chi connectivity index (χ0v) is 10.0. The third-order valence-corrected chi connectivity index (χ3v) is 2.75. The number of rotatable bonds is 2. The summed E-state index contributed by atoms with van der Waals surface area (Å²) in [6.45, 7) is 2.01. The molecule has 2 aromatic rings. The van der Waals surface area contributed by atoms with Crippen LogP contribution in [0.5, 0.6) is 0 Å². The number of hydrogen-bond donors (Lipinski definition) is 1. The third kappa shape index (κ3) is 2.45. The average Bonchev–Trinajstić information content (AvgIpc) is 2.29. The molecule has 17 heavy (non-hydrogen) atoms. The monoisotopic (exact) mass is 246 g/mol. The Hall–Kier alpha value is -1.87. The van der Waals surface area contributed by atoms with Crippen LogP contribution in [0.1, 0.15) is 15.9 Å². The molecule has 3 nitrogen and oxygen atoms in total. The van der Waals surface area contributed by atoms with Gasteiger partial charge in [0.25, 0.3) is 5.91 Å². The Bertz CT molecular complexity index is 564. The van der Waals surface area contributed by atoms with Crippen LogP contribution >= 0.6 is 11.6 Å². The van der Waals surface area contributed by atoms with E-state index in [0.29, 0.717) is 0 Å². The van der Waals surface area contributed by atoms with Crippen LogP contribution < -0.4 is 5.73 Å². The predicted molar refractivity (Wildman–Crippen MR) is 67.9 cm³/mol. The van der Waals surface area contributed by atoms with E-state index in [1.54, 1.807) is 12.1 Å². The smallest absolute Gasteiger partial charge is 0.251 e. The van der Waals surface area contributed by atoms with Crippen molar-refractivity contribution in [2.75, 3.05) is 0 Å². The SMILES string of the molecule is Cc1ccc(-c2ccc(C(N)=O)c(Cl)n2)cc1. The number of nitrogens with zero attached hydrogens (tertiary/aromatic N) is 1. The van der Waals surface area contributed by atoms with Crippen LogP contribution in [0.4, 0.5) is 0 Å². The Morgan fingerprint density at radius 2 is 1.82 bits per heavy atom. The molecule has 0 spiro atoms. The molecule has 0 bridgehead atoms. The number of benzene rings is 1. The van der Waals surface area contributed by atoms with Crippen molar-refractivity contribution in [1.29, 1.82) is 0 Å². The van der Waals surface area contributed by atoms with E-state index >= 15 is 0 Å². The first-order valence-electron chi connectivity index (χ1n) is 5.11. The quantitative estimate of drug-likeness (QED) is 0.829. The van der Waals surface area contributed by atoms with Gasteiger partial charge in [0.15, 0.2) is 0 Å². The van der Waals surface area contributed by atoms with Crippen molar-refractivity contribution < 1.29 is 4.79 Å². The van der Waals surface area contributed by atoms with Crippen LogP contribution in [0.2, 0.25) is 5.15 Å². The molecule has 0 fully saturated rings. The molecule has 4 heteroatoms. The molecule has 1 aromatic carbocycles. The molecule has 2 N–H and O–H groups in total. The molecule has 0 atom stereocenters. The van der Waals surface area contributed by atoms with Crippen LogP contribution in [0.25, 0.3) is 11.3 Å². The molecule has 1 amide bonds. The molecule has 0 saturated carbocycles. The summed E-state index contributed by atoms with van der Waals surface area (Å²) in [5, 5.41) is 0.135. The maximum Gasteiger partial charge on any atom is 0.251 e. The Balaban J connectivity index is 2.44. The Kier molecular flexibility index (Phi) is 3.11. The van der Waals surface area contributed by atoms with Crippen LogP contribution in [-0.4, -0.2) is 10.9 Å². The lowest BCUT2D eigenvalue weighted by Gasteiger charge is -2.04. The summed E-state index contributed by atoms with van der Waals surface area (Å²) >= 11 is 5.89. The van der Waals surface area contributed by atoms with Gasteiger partial charge in [0.2, 0.25) is 0 Å². The number of carbonyl (C=O) groups is 1. The summed E-state index contributed by atoms with van der Waals surface area (Å²) in [6.07, 6.45) is 0. The van der Waals surface area contributed by atoms with Crippen molar-refractivity contribution in [2.45, 2.75) is 6.92 Å². The topological polar surface area (TPSA) is 56.0 Å². The second-order valence-electron chi connectivity index (χ2n) is 3.77. The van der Waals surface area contributed by atoms with Gasteiger partial charge in [-0.25, -0.2) is 4.98 Å². The van der Waals surface area contributed by atoms with Crippen LogP contribution in [0.15, 0.2) is 36.4 Å². The molecule has 0 saturated heterocycles. The van der Waals surface area contributed by atoms with Gasteiger partial charge in [0.05, 0.1) is 11.3 Å². The third-order valence-electron chi connectivity index (χ3n) is 2.46. The second kappa shape index (κ2) is 4.55. The summed E-state index contributed by atoms with van der Waals surface area (Å²) in [5.74, 6) is -0.571. The first-order chi connectivity index (χ1) is 8.08. The van der Waals surface area contributed by atoms with E-state index in [1.165, 1.54) is 5.56 Å². The highest BCUT2D eigenvalue weighted by molar-refractivity contribution is 6.32. The molecule has 1 heterocycles. The number of pyridine rings is 1. The minimum atomic E-state index is -0.571. The highest BCUT2D eigenvalue weighted by Crippen LogP contribution is 2.21. The van der Waals surface area contributed by atoms with Gasteiger partial charge in [0, 0.05) is 5.56 Å². The summed E-state index contributed by atoms with van der Waals surface area (Å²) in [5.41, 5.74) is 8.25. The summed E-state index contributed by atoms with van der Waals surface area (Å²) in [7, 11) is 0. The van der Waals surface area contributed by atoms with Crippen molar-refractivity contribution in [2.24, 2.45) is 5.73 Å².